The zero-order valence-corrected chi connectivity index (χ0v) is 18.0. The number of rotatable bonds is 4. The van der Waals surface area contributed by atoms with E-state index in [9.17, 15) is 10.1 Å². The van der Waals surface area contributed by atoms with Crippen molar-refractivity contribution >= 4 is 29.6 Å². The first-order valence-corrected chi connectivity index (χ1v) is 10.4. The largest absolute Gasteiger partial charge is 0.494 e. The quantitative estimate of drug-likeness (QED) is 0.439. The van der Waals surface area contributed by atoms with Crippen molar-refractivity contribution < 1.29 is 14.2 Å². The monoisotopic (exact) mass is 409 g/mol. The fourth-order valence-corrected chi connectivity index (χ4v) is 3.86. The first kappa shape index (κ1) is 20.7. The third kappa shape index (κ3) is 3.89. The van der Waals surface area contributed by atoms with E-state index in [4.69, 9.17) is 9.31 Å². The molecule has 2 heterocycles. The molecule has 0 unspecified atom stereocenters. The third-order valence-electron chi connectivity index (χ3n) is 6.47. The standard InChI is InChI=1S/C22H28BN3O4/c1-21(2)22(3,4)30-23(29-21)17-6-5-7-20(16-17)25-14-12-24(13-15-25)18-8-10-19(11-9-18)26(27)28/h5-11,16H,12-15H2,1-4H3. The van der Waals surface area contributed by atoms with E-state index in [-0.39, 0.29) is 28.9 Å². The third-order valence-corrected chi connectivity index (χ3v) is 6.47. The van der Waals surface area contributed by atoms with E-state index in [1.54, 1.807) is 12.1 Å². The summed E-state index contributed by atoms with van der Waals surface area (Å²) in [5.41, 5.74) is 2.62. The molecule has 7 nitrogen and oxygen atoms in total. The molecule has 4 rings (SSSR count). The summed E-state index contributed by atoms with van der Waals surface area (Å²) in [7, 11) is -0.364. The molecule has 0 N–H and O–H groups in total. The van der Waals surface area contributed by atoms with Crippen LogP contribution in [0.15, 0.2) is 48.5 Å². The number of nitro benzene ring substituents is 1. The molecule has 0 radical (unpaired) electrons. The highest BCUT2D eigenvalue weighted by Gasteiger charge is 2.51. The van der Waals surface area contributed by atoms with Crippen molar-refractivity contribution in [3.05, 3.63) is 58.6 Å². The van der Waals surface area contributed by atoms with Gasteiger partial charge in [-0.05, 0) is 57.4 Å². The van der Waals surface area contributed by atoms with Gasteiger partial charge in [0.25, 0.3) is 5.69 Å². The summed E-state index contributed by atoms with van der Waals surface area (Å²) in [5, 5.41) is 10.8. The molecule has 30 heavy (non-hydrogen) atoms. The van der Waals surface area contributed by atoms with Gasteiger partial charge in [0.15, 0.2) is 0 Å². The zero-order valence-electron chi connectivity index (χ0n) is 18.0. The first-order valence-electron chi connectivity index (χ1n) is 10.4. The van der Waals surface area contributed by atoms with Crippen LogP contribution in [0.5, 0.6) is 0 Å². The molecule has 2 aliphatic heterocycles. The minimum absolute atomic E-state index is 0.122. The van der Waals surface area contributed by atoms with E-state index >= 15 is 0 Å². The summed E-state index contributed by atoms with van der Waals surface area (Å²) in [5.74, 6) is 0. The van der Waals surface area contributed by atoms with Gasteiger partial charge in [0, 0.05) is 49.7 Å². The van der Waals surface area contributed by atoms with Crippen LogP contribution in [0.2, 0.25) is 0 Å². The molecule has 0 bridgehead atoms. The number of benzene rings is 2. The van der Waals surface area contributed by atoms with Gasteiger partial charge < -0.3 is 19.1 Å². The minimum Gasteiger partial charge on any atom is -0.399 e. The molecular formula is C22H28BN3O4. The lowest BCUT2D eigenvalue weighted by molar-refractivity contribution is -0.384. The van der Waals surface area contributed by atoms with Crippen molar-refractivity contribution in [3.8, 4) is 0 Å². The molecule has 2 aromatic rings. The maximum absolute atomic E-state index is 10.8. The molecule has 2 aliphatic rings. The number of nitrogens with zero attached hydrogens (tertiary/aromatic N) is 3. The highest BCUT2D eigenvalue weighted by molar-refractivity contribution is 6.62. The molecule has 2 aromatic carbocycles. The summed E-state index contributed by atoms with van der Waals surface area (Å²) in [6.45, 7) is 11.7. The summed E-state index contributed by atoms with van der Waals surface area (Å²) >= 11 is 0. The number of anilines is 2. The van der Waals surface area contributed by atoms with Crippen molar-refractivity contribution in [2.45, 2.75) is 38.9 Å². The summed E-state index contributed by atoms with van der Waals surface area (Å²) in [6, 6.07) is 15.2. The number of hydrogen-bond donors (Lipinski definition) is 0. The highest BCUT2D eigenvalue weighted by atomic mass is 16.7. The van der Waals surface area contributed by atoms with Crippen molar-refractivity contribution in [2.75, 3.05) is 36.0 Å². The van der Waals surface area contributed by atoms with E-state index < -0.39 is 0 Å². The van der Waals surface area contributed by atoms with Gasteiger partial charge in [-0.1, -0.05) is 12.1 Å². The van der Waals surface area contributed by atoms with Gasteiger partial charge in [-0.15, -0.1) is 0 Å². The summed E-state index contributed by atoms with van der Waals surface area (Å²) < 4.78 is 12.4. The van der Waals surface area contributed by atoms with Gasteiger partial charge in [0.2, 0.25) is 0 Å². The van der Waals surface area contributed by atoms with Gasteiger partial charge in [0.1, 0.15) is 0 Å². The molecule has 0 saturated carbocycles. The Morgan fingerprint density at radius 2 is 1.40 bits per heavy atom. The van der Waals surface area contributed by atoms with E-state index in [1.807, 2.05) is 12.1 Å². The Hall–Kier alpha value is -2.58. The van der Waals surface area contributed by atoms with E-state index in [0.717, 1.165) is 43.0 Å². The highest BCUT2D eigenvalue weighted by Crippen LogP contribution is 2.36. The topological polar surface area (TPSA) is 68.1 Å². The lowest BCUT2D eigenvalue weighted by atomic mass is 9.79. The Labute approximate surface area is 177 Å². The van der Waals surface area contributed by atoms with Crippen molar-refractivity contribution in [1.82, 2.24) is 0 Å². The van der Waals surface area contributed by atoms with Crippen LogP contribution >= 0.6 is 0 Å². The minimum atomic E-state index is -0.366. The van der Waals surface area contributed by atoms with Crippen LogP contribution < -0.4 is 15.3 Å². The Morgan fingerprint density at radius 3 is 1.93 bits per heavy atom. The van der Waals surface area contributed by atoms with Gasteiger partial charge in [-0.2, -0.15) is 0 Å². The average molecular weight is 409 g/mol. The molecule has 0 aliphatic carbocycles. The first-order chi connectivity index (χ1) is 14.2. The number of non-ortho nitro benzene ring substituents is 1. The molecule has 2 fully saturated rings. The predicted molar refractivity (Wildman–Crippen MR) is 120 cm³/mol. The van der Waals surface area contributed by atoms with Crippen LogP contribution in [0.4, 0.5) is 17.1 Å². The van der Waals surface area contributed by atoms with Gasteiger partial charge in [-0.25, -0.2) is 0 Å². The molecule has 158 valence electrons. The van der Waals surface area contributed by atoms with E-state index in [2.05, 4.69) is 61.8 Å². The number of piperazine rings is 1. The van der Waals surface area contributed by atoms with Crippen LogP contribution in [0.1, 0.15) is 27.7 Å². The zero-order chi connectivity index (χ0) is 21.5. The Morgan fingerprint density at radius 1 is 0.867 bits per heavy atom. The van der Waals surface area contributed by atoms with Crippen LogP contribution in [0.3, 0.4) is 0 Å². The van der Waals surface area contributed by atoms with E-state index in [1.165, 1.54) is 0 Å². The smallest absolute Gasteiger partial charge is 0.399 e. The second-order valence-corrected chi connectivity index (χ2v) is 8.93. The van der Waals surface area contributed by atoms with Crippen molar-refractivity contribution in [3.63, 3.8) is 0 Å². The van der Waals surface area contributed by atoms with Crippen LogP contribution in [-0.4, -0.2) is 49.4 Å². The van der Waals surface area contributed by atoms with Crippen LogP contribution in [0, 0.1) is 10.1 Å². The molecule has 0 aromatic heterocycles. The fourth-order valence-electron chi connectivity index (χ4n) is 3.86. The normalized spacial score (nSPS) is 20.5. The second-order valence-electron chi connectivity index (χ2n) is 8.93. The van der Waals surface area contributed by atoms with Crippen LogP contribution in [0.25, 0.3) is 0 Å². The molecule has 0 spiro atoms. The predicted octanol–water partition coefficient (Wildman–Crippen LogP) is 3.22. The lowest BCUT2D eigenvalue weighted by Gasteiger charge is -2.37. The van der Waals surface area contributed by atoms with Crippen LogP contribution in [-0.2, 0) is 9.31 Å². The fraction of sp³-hybridized carbons (Fsp3) is 0.455. The summed E-state index contributed by atoms with van der Waals surface area (Å²) in [6.07, 6.45) is 0. The van der Waals surface area contributed by atoms with Gasteiger partial charge >= 0.3 is 7.12 Å². The number of nitro groups is 1. The Kier molecular flexibility index (Phi) is 5.24. The Bertz CT molecular complexity index is 908. The molecular weight excluding hydrogens is 381 g/mol. The molecule has 0 amide bonds. The number of hydrogen-bond acceptors (Lipinski definition) is 6. The maximum Gasteiger partial charge on any atom is 0.494 e. The van der Waals surface area contributed by atoms with Gasteiger partial charge in [-0.3, -0.25) is 10.1 Å². The second kappa shape index (κ2) is 7.59. The van der Waals surface area contributed by atoms with Gasteiger partial charge in [0.05, 0.1) is 16.1 Å². The maximum atomic E-state index is 10.8. The summed E-state index contributed by atoms with van der Waals surface area (Å²) in [4.78, 5) is 15.1. The van der Waals surface area contributed by atoms with E-state index in [0.29, 0.717) is 0 Å². The SMILES string of the molecule is CC1(C)OB(c2cccc(N3CCN(c4ccc([N+](=O)[O-])cc4)CC3)c2)OC1(C)C. The Balaban J connectivity index is 1.42. The lowest BCUT2D eigenvalue weighted by Crippen LogP contribution is -2.47. The molecule has 2 saturated heterocycles. The molecule has 8 heteroatoms. The van der Waals surface area contributed by atoms with Crippen molar-refractivity contribution in [2.24, 2.45) is 0 Å². The molecule has 0 atom stereocenters. The van der Waals surface area contributed by atoms with Crippen molar-refractivity contribution in [1.29, 1.82) is 0 Å². The average Bonchev–Trinajstić information content (AvgIpc) is 2.95.